The van der Waals surface area contributed by atoms with Crippen molar-refractivity contribution >= 4 is 11.9 Å². The van der Waals surface area contributed by atoms with Gasteiger partial charge in [-0.05, 0) is 25.3 Å². The summed E-state index contributed by atoms with van der Waals surface area (Å²) in [5.41, 5.74) is 1.46. The Morgan fingerprint density at radius 2 is 1.88 bits per heavy atom. The zero-order valence-corrected chi connectivity index (χ0v) is 22.3. The number of alkyl halides is 4. The maximum absolute atomic E-state index is 13.4. The number of aromatic nitrogens is 7. The van der Waals surface area contributed by atoms with E-state index in [1.807, 2.05) is 0 Å². The van der Waals surface area contributed by atoms with Crippen molar-refractivity contribution in [3.63, 3.8) is 0 Å². The van der Waals surface area contributed by atoms with Gasteiger partial charge < -0.3 is 9.30 Å². The molecule has 4 aromatic rings. The van der Waals surface area contributed by atoms with Crippen molar-refractivity contribution < 1.29 is 27.1 Å². The lowest BCUT2D eigenvalue weighted by Gasteiger charge is -2.26. The molecule has 214 valence electrons. The first-order chi connectivity index (χ1) is 19.7. The van der Waals surface area contributed by atoms with Crippen LogP contribution in [0.5, 0.6) is 5.88 Å². The Kier molecular flexibility index (Phi) is 6.70. The fourth-order valence-corrected chi connectivity index (χ4v) is 4.91. The van der Waals surface area contributed by atoms with Crippen LogP contribution in [0.4, 0.5) is 23.5 Å². The predicted octanol–water partition coefficient (Wildman–Crippen LogP) is 4.97. The Morgan fingerprint density at radius 1 is 1.12 bits per heavy atom. The number of aryl methyl sites for hydroxylation is 1. The molecule has 14 heteroatoms. The van der Waals surface area contributed by atoms with Gasteiger partial charge >= 0.3 is 6.18 Å². The standard InChI is InChI=1S/C27H26F4N8O2/c1-15(11-28)37-13-19(27(29,30)31)34-24(37)18-5-3-16(4-6-18)12-38-20(40)9-10-39-26(38)35-23(36-39)21-22(17-7-8-17)32-14-33-25(21)41-2/h3-6,13-15,17H,7-12H2,1-2H3. The molecule has 10 nitrogen and oxygen atoms in total. The van der Waals surface area contributed by atoms with Gasteiger partial charge in [0.25, 0.3) is 0 Å². The molecule has 1 aliphatic heterocycles. The van der Waals surface area contributed by atoms with Crippen molar-refractivity contribution in [2.24, 2.45) is 0 Å². The summed E-state index contributed by atoms with van der Waals surface area (Å²) >= 11 is 0. The van der Waals surface area contributed by atoms with Gasteiger partial charge in [0, 0.05) is 24.1 Å². The van der Waals surface area contributed by atoms with E-state index in [9.17, 15) is 22.4 Å². The number of methoxy groups -OCH3 is 1. The number of anilines is 1. The topological polar surface area (TPSA) is 104 Å². The molecule has 1 unspecified atom stereocenters. The second-order valence-electron chi connectivity index (χ2n) is 10.2. The minimum atomic E-state index is -4.66. The molecule has 6 rings (SSSR count). The molecule has 3 aromatic heterocycles. The summed E-state index contributed by atoms with van der Waals surface area (Å²) in [4.78, 5) is 31.6. The Bertz CT molecular complexity index is 1590. The third kappa shape index (κ3) is 5.02. The average molecular weight is 571 g/mol. The smallest absolute Gasteiger partial charge is 0.434 e. The molecule has 0 saturated heterocycles. The fourth-order valence-electron chi connectivity index (χ4n) is 4.91. The second kappa shape index (κ2) is 10.2. The van der Waals surface area contributed by atoms with Crippen molar-refractivity contribution in [3.05, 3.63) is 53.7 Å². The molecular formula is C27H26F4N8O2. The van der Waals surface area contributed by atoms with Gasteiger partial charge in [0.15, 0.2) is 11.5 Å². The summed E-state index contributed by atoms with van der Waals surface area (Å²) in [6, 6.07) is 5.79. The van der Waals surface area contributed by atoms with E-state index in [1.165, 1.54) is 29.8 Å². The van der Waals surface area contributed by atoms with E-state index in [0.717, 1.165) is 24.7 Å². The largest absolute Gasteiger partial charge is 0.480 e. The van der Waals surface area contributed by atoms with Gasteiger partial charge in [0.2, 0.25) is 17.7 Å². The van der Waals surface area contributed by atoms with Crippen molar-refractivity contribution in [2.45, 2.75) is 57.4 Å². The van der Waals surface area contributed by atoms with Crippen LogP contribution in [0.1, 0.15) is 55.1 Å². The van der Waals surface area contributed by atoms with E-state index in [4.69, 9.17) is 9.72 Å². The summed E-state index contributed by atoms with van der Waals surface area (Å²) in [7, 11) is 1.52. The summed E-state index contributed by atoms with van der Waals surface area (Å²) in [6.45, 7) is 1.17. The Morgan fingerprint density at radius 3 is 2.54 bits per heavy atom. The third-order valence-corrected chi connectivity index (χ3v) is 7.23. The summed E-state index contributed by atoms with van der Waals surface area (Å²) in [5, 5.41) is 4.66. The minimum Gasteiger partial charge on any atom is -0.480 e. The lowest BCUT2D eigenvalue weighted by molar-refractivity contribution is -0.141. The van der Waals surface area contributed by atoms with Gasteiger partial charge in [-0.15, -0.1) is 5.10 Å². The number of benzene rings is 1. The maximum atomic E-state index is 13.4. The van der Waals surface area contributed by atoms with E-state index in [-0.39, 0.29) is 30.6 Å². The van der Waals surface area contributed by atoms with E-state index in [1.54, 1.807) is 28.9 Å². The number of fused-ring (bicyclic) bond motifs is 1. The van der Waals surface area contributed by atoms with Crippen molar-refractivity contribution in [1.29, 1.82) is 0 Å². The number of ether oxygens (including phenoxy) is 1. The van der Waals surface area contributed by atoms with Crippen LogP contribution in [0, 0.1) is 0 Å². The second-order valence-corrected chi connectivity index (χ2v) is 10.2. The van der Waals surface area contributed by atoms with Gasteiger partial charge in [-0.3, -0.25) is 9.69 Å². The first kappa shape index (κ1) is 26.8. The van der Waals surface area contributed by atoms with Gasteiger partial charge in [0.05, 0.1) is 31.9 Å². The number of hydrogen-bond donors (Lipinski definition) is 0. The highest BCUT2D eigenvalue weighted by Crippen LogP contribution is 2.45. The molecule has 0 spiro atoms. The predicted molar refractivity (Wildman–Crippen MR) is 139 cm³/mol. The normalized spacial score (nSPS) is 16.1. The molecule has 0 bridgehead atoms. The summed E-state index contributed by atoms with van der Waals surface area (Å²) in [6.07, 6.45) is -0.136. The van der Waals surface area contributed by atoms with Crippen LogP contribution in [-0.4, -0.2) is 54.0 Å². The molecule has 41 heavy (non-hydrogen) atoms. The Labute approximate surface area is 232 Å². The monoisotopic (exact) mass is 570 g/mol. The molecule has 2 aliphatic rings. The fraction of sp³-hybridized carbons (Fsp3) is 0.407. The van der Waals surface area contributed by atoms with Gasteiger partial charge in [-0.1, -0.05) is 24.3 Å². The summed E-state index contributed by atoms with van der Waals surface area (Å²) in [5.74, 6) is 1.28. The van der Waals surface area contributed by atoms with Crippen molar-refractivity contribution in [1.82, 2.24) is 34.3 Å². The van der Waals surface area contributed by atoms with Gasteiger partial charge in [0.1, 0.15) is 24.4 Å². The van der Waals surface area contributed by atoms with Crippen LogP contribution in [0.2, 0.25) is 0 Å². The molecule has 1 aliphatic carbocycles. The molecule has 0 N–H and O–H groups in total. The number of carbonyl (C=O) groups is 1. The molecule has 1 saturated carbocycles. The van der Waals surface area contributed by atoms with Crippen LogP contribution >= 0.6 is 0 Å². The first-order valence-electron chi connectivity index (χ1n) is 13.1. The minimum absolute atomic E-state index is 0.0120. The van der Waals surface area contributed by atoms with Gasteiger partial charge in [-0.2, -0.15) is 18.2 Å². The van der Waals surface area contributed by atoms with E-state index in [2.05, 4.69) is 20.1 Å². The molecule has 1 fully saturated rings. The Hall–Kier alpha value is -4.36. The molecule has 1 aromatic carbocycles. The molecular weight excluding hydrogens is 544 g/mol. The number of imidazole rings is 1. The van der Waals surface area contributed by atoms with Crippen LogP contribution in [0.25, 0.3) is 22.8 Å². The van der Waals surface area contributed by atoms with E-state index in [0.29, 0.717) is 40.9 Å². The zero-order chi connectivity index (χ0) is 28.9. The van der Waals surface area contributed by atoms with E-state index >= 15 is 0 Å². The number of amides is 1. The Balaban J connectivity index is 1.30. The van der Waals surface area contributed by atoms with Crippen molar-refractivity contribution in [2.75, 3.05) is 18.7 Å². The lowest BCUT2D eigenvalue weighted by Crippen LogP contribution is -2.37. The highest BCUT2D eigenvalue weighted by Gasteiger charge is 2.36. The number of rotatable bonds is 8. The highest BCUT2D eigenvalue weighted by atomic mass is 19.4. The zero-order valence-electron chi connectivity index (χ0n) is 22.3. The lowest BCUT2D eigenvalue weighted by atomic mass is 10.1. The first-order valence-corrected chi connectivity index (χ1v) is 13.1. The molecule has 1 atom stereocenters. The highest BCUT2D eigenvalue weighted by molar-refractivity contribution is 5.93. The summed E-state index contributed by atoms with van der Waals surface area (Å²) < 4.78 is 61.7. The molecule has 4 heterocycles. The molecule has 1 amide bonds. The maximum Gasteiger partial charge on any atom is 0.434 e. The van der Waals surface area contributed by atoms with Crippen molar-refractivity contribution in [3.8, 4) is 28.7 Å². The van der Waals surface area contributed by atoms with Crippen LogP contribution in [0.3, 0.4) is 0 Å². The number of halogens is 4. The van der Waals surface area contributed by atoms with E-state index < -0.39 is 24.6 Å². The van der Waals surface area contributed by atoms with Crippen LogP contribution < -0.4 is 9.64 Å². The number of nitrogens with zero attached hydrogens (tertiary/aromatic N) is 8. The SMILES string of the molecule is COc1ncnc(C2CC2)c1-c1nc2n(n1)CCC(=O)N2Cc1ccc(-c2nc(C(F)(F)F)cn2C(C)CF)cc1. The third-order valence-electron chi connectivity index (χ3n) is 7.23. The quantitative estimate of drug-likeness (QED) is 0.276. The van der Waals surface area contributed by atoms with Crippen LogP contribution in [-0.2, 0) is 24.1 Å². The van der Waals surface area contributed by atoms with Gasteiger partial charge in [-0.25, -0.2) is 24.0 Å². The average Bonchev–Trinajstić information content (AvgIpc) is 3.55. The molecule has 0 radical (unpaired) electrons. The number of hydrogen-bond acceptors (Lipinski definition) is 7. The van der Waals surface area contributed by atoms with Crippen LogP contribution in [0.15, 0.2) is 36.8 Å². The number of carbonyl (C=O) groups excluding carboxylic acids is 1.